The van der Waals surface area contributed by atoms with Gasteiger partial charge >= 0.3 is 8.80 Å². The van der Waals surface area contributed by atoms with Crippen molar-refractivity contribution in [1.82, 2.24) is 0 Å². The van der Waals surface area contributed by atoms with E-state index < -0.39 is 8.80 Å². The first kappa shape index (κ1) is 15.4. The zero-order valence-electron chi connectivity index (χ0n) is 11.6. The van der Waals surface area contributed by atoms with Crippen molar-refractivity contribution in [2.75, 3.05) is 21.3 Å². The maximum atomic E-state index is 5.40. The van der Waals surface area contributed by atoms with Gasteiger partial charge in [0.15, 0.2) is 0 Å². The Morgan fingerprint density at radius 1 is 0.833 bits per heavy atom. The molecule has 0 bridgehead atoms. The van der Waals surface area contributed by atoms with Crippen molar-refractivity contribution in [2.45, 2.75) is 31.7 Å². The molecule has 0 radical (unpaired) electrons. The van der Waals surface area contributed by atoms with Gasteiger partial charge in [-0.3, -0.25) is 0 Å². The van der Waals surface area contributed by atoms with E-state index in [-0.39, 0.29) is 0 Å². The highest BCUT2D eigenvalue weighted by Gasteiger charge is 2.36. The third-order valence-electron chi connectivity index (χ3n) is 3.22. The highest BCUT2D eigenvalue weighted by molar-refractivity contribution is 6.60. The molecule has 0 atom stereocenters. The second-order valence-electron chi connectivity index (χ2n) is 4.34. The summed E-state index contributed by atoms with van der Waals surface area (Å²) >= 11 is 0. The molecule has 0 aliphatic carbocycles. The van der Waals surface area contributed by atoms with Crippen LogP contribution in [0.15, 0.2) is 30.3 Å². The second-order valence-corrected chi connectivity index (χ2v) is 7.43. The molecule has 4 heteroatoms. The van der Waals surface area contributed by atoms with Gasteiger partial charge in [-0.05, 0) is 24.8 Å². The van der Waals surface area contributed by atoms with Crippen LogP contribution in [0.25, 0.3) is 0 Å². The molecule has 0 aliphatic rings. The molecule has 3 nitrogen and oxygen atoms in total. The van der Waals surface area contributed by atoms with Gasteiger partial charge in [0.2, 0.25) is 0 Å². The van der Waals surface area contributed by atoms with Crippen molar-refractivity contribution >= 4 is 8.80 Å². The maximum absolute atomic E-state index is 5.40. The number of hydrogen-bond acceptors (Lipinski definition) is 3. The van der Waals surface area contributed by atoms with Gasteiger partial charge in [0.25, 0.3) is 0 Å². The Bertz CT molecular complexity index is 304. The fraction of sp³-hybridized carbons (Fsp3) is 0.571. The summed E-state index contributed by atoms with van der Waals surface area (Å²) in [4.78, 5) is 0. The molecule has 0 fully saturated rings. The largest absolute Gasteiger partial charge is 0.500 e. The minimum absolute atomic E-state index is 0.894. The van der Waals surface area contributed by atoms with Crippen molar-refractivity contribution in [2.24, 2.45) is 0 Å². The van der Waals surface area contributed by atoms with Crippen LogP contribution < -0.4 is 0 Å². The second kappa shape index (κ2) is 8.42. The average molecular weight is 268 g/mol. The number of rotatable bonds is 9. The van der Waals surface area contributed by atoms with Crippen LogP contribution in [0.5, 0.6) is 0 Å². The van der Waals surface area contributed by atoms with Gasteiger partial charge in [0.1, 0.15) is 0 Å². The van der Waals surface area contributed by atoms with Gasteiger partial charge in [-0.1, -0.05) is 36.8 Å². The summed E-state index contributed by atoms with van der Waals surface area (Å²) in [6, 6.07) is 11.5. The first-order valence-electron chi connectivity index (χ1n) is 6.45. The molecule has 0 aliphatic heterocycles. The van der Waals surface area contributed by atoms with Crippen LogP contribution in [0.4, 0.5) is 0 Å². The molecule has 18 heavy (non-hydrogen) atoms. The normalized spacial score (nSPS) is 11.7. The average Bonchev–Trinajstić information content (AvgIpc) is 2.45. The lowest BCUT2D eigenvalue weighted by molar-refractivity contribution is 0.122. The molecule has 0 unspecified atom stereocenters. The summed E-state index contributed by atoms with van der Waals surface area (Å²) in [5.74, 6) is 0. The van der Waals surface area contributed by atoms with E-state index >= 15 is 0 Å². The Hall–Kier alpha value is -0.683. The summed E-state index contributed by atoms with van der Waals surface area (Å²) < 4.78 is 16.2. The minimum atomic E-state index is -2.35. The summed E-state index contributed by atoms with van der Waals surface area (Å²) in [7, 11) is 2.66. The van der Waals surface area contributed by atoms with E-state index in [1.54, 1.807) is 21.3 Å². The van der Waals surface area contributed by atoms with Gasteiger partial charge in [0, 0.05) is 27.4 Å². The van der Waals surface area contributed by atoms with E-state index in [0.29, 0.717) is 0 Å². The topological polar surface area (TPSA) is 27.7 Å². The Kier molecular flexibility index (Phi) is 7.20. The smallest absolute Gasteiger partial charge is 0.377 e. The Labute approximate surface area is 111 Å². The Balaban J connectivity index is 2.18. The zero-order valence-corrected chi connectivity index (χ0v) is 12.6. The quantitative estimate of drug-likeness (QED) is 0.508. The van der Waals surface area contributed by atoms with Gasteiger partial charge in [0.05, 0.1) is 0 Å². The molecule has 0 amide bonds. The first-order valence-corrected chi connectivity index (χ1v) is 8.39. The van der Waals surface area contributed by atoms with Crippen LogP contribution >= 0.6 is 0 Å². The van der Waals surface area contributed by atoms with E-state index in [0.717, 1.165) is 18.9 Å². The number of unbranched alkanes of at least 4 members (excludes halogenated alkanes) is 2. The molecule has 1 aromatic carbocycles. The fourth-order valence-corrected chi connectivity index (χ4v) is 3.84. The van der Waals surface area contributed by atoms with E-state index in [4.69, 9.17) is 13.3 Å². The molecular formula is C14H24O3Si. The van der Waals surface area contributed by atoms with Crippen molar-refractivity contribution in [3.05, 3.63) is 35.9 Å². The predicted octanol–water partition coefficient (Wildman–Crippen LogP) is 3.28. The fourth-order valence-electron chi connectivity index (χ4n) is 2.05. The predicted molar refractivity (Wildman–Crippen MR) is 75.6 cm³/mol. The third kappa shape index (κ3) is 4.90. The van der Waals surface area contributed by atoms with E-state index in [9.17, 15) is 0 Å². The Morgan fingerprint density at radius 3 is 2.00 bits per heavy atom. The number of hydrogen-bond donors (Lipinski definition) is 0. The van der Waals surface area contributed by atoms with Crippen LogP contribution in [0.1, 0.15) is 24.8 Å². The lowest BCUT2D eigenvalue weighted by Gasteiger charge is -2.24. The molecular weight excluding hydrogens is 244 g/mol. The van der Waals surface area contributed by atoms with E-state index in [2.05, 4.69) is 30.3 Å². The summed E-state index contributed by atoms with van der Waals surface area (Å²) in [6.07, 6.45) is 4.61. The molecule has 1 aromatic rings. The number of benzene rings is 1. The van der Waals surface area contributed by atoms with Crippen LogP contribution in [0.3, 0.4) is 0 Å². The molecule has 0 aromatic heterocycles. The highest BCUT2D eigenvalue weighted by Crippen LogP contribution is 2.17. The van der Waals surface area contributed by atoms with Gasteiger partial charge in [-0.15, -0.1) is 0 Å². The Morgan fingerprint density at radius 2 is 1.44 bits per heavy atom. The summed E-state index contributed by atoms with van der Waals surface area (Å²) in [5, 5.41) is 0. The minimum Gasteiger partial charge on any atom is -0.377 e. The molecule has 1 rings (SSSR count). The monoisotopic (exact) mass is 268 g/mol. The van der Waals surface area contributed by atoms with Crippen molar-refractivity contribution in [3.63, 3.8) is 0 Å². The van der Waals surface area contributed by atoms with Crippen LogP contribution in [0.2, 0.25) is 6.04 Å². The molecule has 0 spiro atoms. The van der Waals surface area contributed by atoms with Crippen molar-refractivity contribution < 1.29 is 13.3 Å². The molecule has 0 saturated carbocycles. The number of aryl methyl sites for hydroxylation is 1. The molecule has 102 valence electrons. The SMILES string of the molecule is CO[Si](CCCCCc1ccccc1)(OC)OC. The standard InChI is InChI=1S/C14H24O3Si/c1-15-18(16-2,17-3)13-9-5-8-12-14-10-6-4-7-11-14/h4,6-7,10-11H,5,8-9,12-13H2,1-3H3. The third-order valence-corrected chi connectivity index (χ3v) is 6.06. The van der Waals surface area contributed by atoms with Crippen molar-refractivity contribution in [3.8, 4) is 0 Å². The summed E-state index contributed by atoms with van der Waals surface area (Å²) in [5.41, 5.74) is 1.41. The summed E-state index contributed by atoms with van der Waals surface area (Å²) in [6.45, 7) is 0. The first-order chi connectivity index (χ1) is 8.76. The van der Waals surface area contributed by atoms with Crippen LogP contribution in [0, 0.1) is 0 Å². The van der Waals surface area contributed by atoms with Crippen molar-refractivity contribution in [1.29, 1.82) is 0 Å². The van der Waals surface area contributed by atoms with Gasteiger partial charge < -0.3 is 13.3 Å². The molecule has 0 N–H and O–H groups in total. The van der Waals surface area contributed by atoms with Crippen LogP contribution in [-0.2, 0) is 19.7 Å². The van der Waals surface area contributed by atoms with E-state index in [1.807, 2.05) is 0 Å². The zero-order chi connectivity index (χ0) is 13.3. The van der Waals surface area contributed by atoms with E-state index in [1.165, 1.54) is 18.4 Å². The van der Waals surface area contributed by atoms with Crippen LogP contribution in [-0.4, -0.2) is 30.1 Å². The lowest BCUT2D eigenvalue weighted by atomic mass is 10.1. The van der Waals surface area contributed by atoms with Gasteiger partial charge in [-0.2, -0.15) is 0 Å². The van der Waals surface area contributed by atoms with Gasteiger partial charge in [-0.25, -0.2) is 0 Å². The lowest BCUT2D eigenvalue weighted by Crippen LogP contribution is -2.42. The maximum Gasteiger partial charge on any atom is 0.500 e. The molecule has 0 heterocycles. The highest BCUT2D eigenvalue weighted by atomic mass is 28.4. The molecule has 0 saturated heterocycles.